The Balaban J connectivity index is 2.04. The standard InChI is InChI=1S/C20H20OSi/c1-20(2,3)21-22-17-12-15-8-4-6-13-10-11-14-7-5-9-16(17)19(14)18(13)15/h4-12H,22H2,1-3H3. The van der Waals surface area contributed by atoms with Crippen molar-refractivity contribution in [3.05, 3.63) is 54.6 Å². The van der Waals surface area contributed by atoms with Gasteiger partial charge >= 0.3 is 0 Å². The number of hydrogen-bond donors (Lipinski definition) is 0. The van der Waals surface area contributed by atoms with Crippen molar-refractivity contribution in [2.45, 2.75) is 26.4 Å². The largest absolute Gasteiger partial charge is 0.414 e. The third-order valence-electron chi connectivity index (χ3n) is 4.25. The van der Waals surface area contributed by atoms with Gasteiger partial charge in [-0.25, -0.2) is 0 Å². The summed E-state index contributed by atoms with van der Waals surface area (Å²) in [6.45, 7) is 6.41. The highest BCUT2D eigenvalue weighted by Gasteiger charge is 2.15. The Morgan fingerprint density at radius 3 is 2.14 bits per heavy atom. The quantitative estimate of drug-likeness (QED) is 0.400. The molecule has 22 heavy (non-hydrogen) atoms. The van der Waals surface area contributed by atoms with E-state index in [9.17, 15) is 0 Å². The second kappa shape index (κ2) is 4.80. The third kappa shape index (κ3) is 2.19. The van der Waals surface area contributed by atoms with Gasteiger partial charge in [0, 0.05) is 5.60 Å². The Morgan fingerprint density at radius 1 is 0.773 bits per heavy atom. The third-order valence-corrected chi connectivity index (χ3v) is 6.16. The van der Waals surface area contributed by atoms with Crippen LogP contribution in [0.15, 0.2) is 54.6 Å². The molecule has 0 saturated heterocycles. The predicted molar refractivity (Wildman–Crippen MR) is 99.2 cm³/mol. The fraction of sp³-hybridized carbons (Fsp3) is 0.200. The van der Waals surface area contributed by atoms with Gasteiger partial charge in [-0.2, -0.15) is 0 Å². The molecule has 110 valence electrons. The van der Waals surface area contributed by atoms with Gasteiger partial charge in [0.2, 0.25) is 0 Å². The normalized spacial score (nSPS) is 13.2. The van der Waals surface area contributed by atoms with E-state index in [4.69, 9.17) is 4.43 Å². The first-order valence-electron chi connectivity index (χ1n) is 7.82. The Kier molecular flexibility index (Phi) is 3.00. The van der Waals surface area contributed by atoms with Crippen LogP contribution < -0.4 is 5.19 Å². The second-order valence-corrected chi connectivity index (χ2v) is 8.32. The van der Waals surface area contributed by atoms with E-state index >= 15 is 0 Å². The molecule has 0 heterocycles. The molecule has 2 heteroatoms. The van der Waals surface area contributed by atoms with Crippen molar-refractivity contribution in [3.63, 3.8) is 0 Å². The summed E-state index contributed by atoms with van der Waals surface area (Å²) in [5, 5.41) is 9.56. The van der Waals surface area contributed by atoms with E-state index in [2.05, 4.69) is 75.4 Å². The SMILES string of the molecule is CC(C)(C)O[SiH2]c1cc2cccc3ccc4cccc1c4c32. The maximum atomic E-state index is 6.18. The Morgan fingerprint density at radius 2 is 1.41 bits per heavy atom. The molecule has 0 atom stereocenters. The highest BCUT2D eigenvalue weighted by Crippen LogP contribution is 2.33. The van der Waals surface area contributed by atoms with E-state index in [1.807, 2.05) is 0 Å². The van der Waals surface area contributed by atoms with Crippen LogP contribution in [-0.4, -0.2) is 15.4 Å². The number of rotatable bonds is 2. The summed E-state index contributed by atoms with van der Waals surface area (Å²) in [7, 11) is -0.754. The molecule has 0 spiro atoms. The molecule has 0 bridgehead atoms. The highest BCUT2D eigenvalue weighted by molar-refractivity contribution is 6.53. The average molecular weight is 304 g/mol. The lowest BCUT2D eigenvalue weighted by Crippen LogP contribution is -2.29. The minimum Gasteiger partial charge on any atom is -0.414 e. The van der Waals surface area contributed by atoms with Crippen molar-refractivity contribution in [3.8, 4) is 0 Å². The summed E-state index contributed by atoms with van der Waals surface area (Å²) in [4.78, 5) is 0. The molecule has 0 radical (unpaired) electrons. The van der Waals surface area contributed by atoms with Crippen molar-refractivity contribution in [1.82, 2.24) is 0 Å². The molecule has 1 nitrogen and oxygen atoms in total. The average Bonchev–Trinajstić information content (AvgIpc) is 2.50. The minimum absolute atomic E-state index is 0.0655. The van der Waals surface area contributed by atoms with Gasteiger partial charge in [0.15, 0.2) is 9.76 Å². The summed E-state index contributed by atoms with van der Waals surface area (Å²) in [6.07, 6.45) is 0. The van der Waals surface area contributed by atoms with E-state index in [0.29, 0.717) is 0 Å². The van der Waals surface area contributed by atoms with Crippen LogP contribution in [0.2, 0.25) is 0 Å². The maximum absolute atomic E-state index is 6.18. The molecule has 4 aromatic rings. The molecule has 0 N–H and O–H groups in total. The van der Waals surface area contributed by atoms with Crippen molar-refractivity contribution >= 4 is 47.3 Å². The van der Waals surface area contributed by atoms with Crippen LogP contribution in [0.4, 0.5) is 0 Å². The smallest absolute Gasteiger partial charge is 0.193 e. The molecule has 0 aromatic heterocycles. The van der Waals surface area contributed by atoms with E-state index in [0.717, 1.165) is 0 Å². The lowest BCUT2D eigenvalue weighted by atomic mass is 9.94. The Labute approximate surface area is 133 Å². The lowest BCUT2D eigenvalue weighted by molar-refractivity contribution is 0.142. The molecular weight excluding hydrogens is 284 g/mol. The minimum atomic E-state index is -0.754. The van der Waals surface area contributed by atoms with Crippen LogP contribution in [0.5, 0.6) is 0 Å². The van der Waals surface area contributed by atoms with Crippen molar-refractivity contribution < 1.29 is 4.43 Å². The monoisotopic (exact) mass is 304 g/mol. The zero-order valence-electron chi connectivity index (χ0n) is 13.3. The summed E-state index contributed by atoms with van der Waals surface area (Å²) in [6, 6.07) is 20.0. The first kappa shape index (κ1) is 13.7. The molecule has 0 saturated carbocycles. The number of hydrogen-bond acceptors (Lipinski definition) is 1. The highest BCUT2D eigenvalue weighted by atomic mass is 28.2. The summed E-state index contributed by atoms with van der Waals surface area (Å²) >= 11 is 0. The van der Waals surface area contributed by atoms with Gasteiger partial charge in [0.25, 0.3) is 0 Å². The Bertz CT molecular complexity index is 966. The van der Waals surface area contributed by atoms with Crippen LogP contribution in [0.1, 0.15) is 20.8 Å². The molecule has 0 aliphatic rings. The van der Waals surface area contributed by atoms with Crippen LogP contribution in [0.25, 0.3) is 32.3 Å². The van der Waals surface area contributed by atoms with Gasteiger partial charge < -0.3 is 4.43 Å². The summed E-state index contributed by atoms with van der Waals surface area (Å²) in [5.41, 5.74) is -0.0655. The van der Waals surface area contributed by atoms with Crippen molar-refractivity contribution in [1.29, 1.82) is 0 Å². The van der Waals surface area contributed by atoms with Crippen LogP contribution >= 0.6 is 0 Å². The van der Waals surface area contributed by atoms with Crippen LogP contribution in [-0.2, 0) is 4.43 Å². The Hall–Kier alpha value is -1.90. The summed E-state index contributed by atoms with van der Waals surface area (Å²) < 4.78 is 6.18. The molecular formula is C20H20OSi. The lowest BCUT2D eigenvalue weighted by Gasteiger charge is -2.21. The number of benzene rings is 4. The zero-order valence-corrected chi connectivity index (χ0v) is 14.7. The fourth-order valence-corrected chi connectivity index (χ4v) is 4.59. The second-order valence-electron chi connectivity index (χ2n) is 6.99. The topological polar surface area (TPSA) is 9.23 Å². The van der Waals surface area contributed by atoms with Crippen LogP contribution in [0.3, 0.4) is 0 Å². The summed E-state index contributed by atoms with van der Waals surface area (Å²) in [5.74, 6) is 0. The van der Waals surface area contributed by atoms with Gasteiger partial charge in [-0.05, 0) is 58.3 Å². The molecule has 4 rings (SSSR count). The maximum Gasteiger partial charge on any atom is 0.193 e. The van der Waals surface area contributed by atoms with Crippen molar-refractivity contribution in [2.75, 3.05) is 0 Å². The zero-order chi connectivity index (χ0) is 15.3. The molecule has 0 aliphatic heterocycles. The predicted octanol–water partition coefficient (Wildman–Crippen LogP) is 4.11. The first-order chi connectivity index (χ1) is 10.5. The molecule has 4 aromatic carbocycles. The van der Waals surface area contributed by atoms with Gasteiger partial charge in [-0.1, -0.05) is 54.6 Å². The molecule has 0 amide bonds. The molecule has 0 aliphatic carbocycles. The molecule has 0 fully saturated rings. The van der Waals surface area contributed by atoms with E-state index in [-0.39, 0.29) is 5.60 Å². The van der Waals surface area contributed by atoms with Crippen molar-refractivity contribution in [2.24, 2.45) is 0 Å². The van der Waals surface area contributed by atoms with Crippen LogP contribution in [0, 0.1) is 0 Å². The van der Waals surface area contributed by atoms with E-state index in [1.54, 1.807) is 0 Å². The van der Waals surface area contributed by atoms with Gasteiger partial charge in [-0.15, -0.1) is 0 Å². The van der Waals surface area contributed by atoms with E-state index < -0.39 is 9.76 Å². The van der Waals surface area contributed by atoms with E-state index in [1.165, 1.54) is 37.5 Å². The van der Waals surface area contributed by atoms with Gasteiger partial charge in [0.1, 0.15) is 0 Å². The van der Waals surface area contributed by atoms with Gasteiger partial charge in [0.05, 0.1) is 0 Å². The van der Waals surface area contributed by atoms with Gasteiger partial charge in [-0.3, -0.25) is 0 Å². The molecule has 0 unspecified atom stereocenters. The first-order valence-corrected chi connectivity index (χ1v) is 9.11. The fourth-order valence-electron chi connectivity index (χ4n) is 3.25.